The van der Waals surface area contributed by atoms with Crippen molar-refractivity contribution in [1.29, 1.82) is 0 Å². The maximum Gasteiger partial charge on any atom is 0.0926 e. The molecule has 1 unspecified atom stereocenters. The van der Waals surface area contributed by atoms with Gasteiger partial charge in [-0.15, -0.1) is 0 Å². The summed E-state index contributed by atoms with van der Waals surface area (Å²) in [6.45, 7) is 10.4. The summed E-state index contributed by atoms with van der Waals surface area (Å²) >= 11 is 0. The van der Waals surface area contributed by atoms with E-state index in [9.17, 15) is 0 Å². The summed E-state index contributed by atoms with van der Waals surface area (Å²) < 4.78 is 2.22. The zero-order chi connectivity index (χ0) is 17.6. The van der Waals surface area contributed by atoms with E-state index >= 15 is 0 Å². The van der Waals surface area contributed by atoms with E-state index in [1.54, 1.807) is 0 Å². The lowest BCUT2D eigenvalue weighted by atomic mass is 9.82. The van der Waals surface area contributed by atoms with E-state index in [1.165, 1.54) is 36.8 Å². The quantitative estimate of drug-likeness (QED) is 0.897. The van der Waals surface area contributed by atoms with Crippen LogP contribution in [-0.2, 0) is 0 Å². The van der Waals surface area contributed by atoms with E-state index in [2.05, 4.69) is 67.1 Å². The van der Waals surface area contributed by atoms with Gasteiger partial charge in [0.1, 0.15) is 0 Å². The molecule has 3 heterocycles. The fourth-order valence-corrected chi connectivity index (χ4v) is 4.84. The maximum atomic E-state index is 4.97. The van der Waals surface area contributed by atoms with Gasteiger partial charge in [0, 0.05) is 30.7 Å². The van der Waals surface area contributed by atoms with Crippen molar-refractivity contribution >= 4 is 10.9 Å². The molecule has 25 heavy (non-hydrogen) atoms. The topological polar surface area (TPSA) is 33.1 Å². The molecule has 2 aromatic rings. The van der Waals surface area contributed by atoms with Crippen LogP contribution in [0.1, 0.15) is 57.7 Å². The molecule has 2 fully saturated rings. The first-order valence-corrected chi connectivity index (χ1v) is 9.80. The lowest BCUT2D eigenvalue weighted by Crippen LogP contribution is -2.43. The van der Waals surface area contributed by atoms with Crippen molar-refractivity contribution in [2.24, 2.45) is 11.3 Å². The number of likely N-dealkylation sites (N-methyl/N-ethyl adjacent to an activating group) is 1. The highest BCUT2D eigenvalue weighted by atomic mass is 15.3. The molecule has 0 amide bonds. The molecule has 1 aromatic carbocycles. The normalized spacial score (nSPS) is 30.6. The van der Waals surface area contributed by atoms with Crippen molar-refractivity contribution in [3.63, 3.8) is 0 Å². The van der Waals surface area contributed by atoms with Crippen molar-refractivity contribution in [1.82, 2.24) is 20.0 Å². The van der Waals surface area contributed by atoms with Crippen molar-refractivity contribution in [2.45, 2.75) is 52.1 Å². The maximum absolute atomic E-state index is 4.97. The lowest BCUT2D eigenvalue weighted by Gasteiger charge is -2.40. The minimum Gasteiger partial charge on any atom is -0.310 e. The average Bonchev–Trinajstić information content (AvgIpc) is 2.97. The molecule has 4 rings (SSSR count). The molecule has 0 bridgehead atoms. The van der Waals surface area contributed by atoms with Crippen LogP contribution >= 0.6 is 0 Å². The molecule has 4 heteroatoms. The average molecular weight is 341 g/mol. The van der Waals surface area contributed by atoms with Gasteiger partial charge in [0.2, 0.25) is 0 Å². The van der Waals surface area contributed by atoms with E-state index in [4.69, 9.17) is 5.10 Å². The van der Waals surface area contributed by atoms with Gasteiger partial charge >= 0.3 is 0 Å². The smallest absolute Gasteiger partial charge is 0.0926 e. The fourth-order valence-electron chi connectivity index (χ4n) is 4.84. The molecule has 2 saturated heterocycles. The number of nitrogens with zero attached hydrogens (tertiary/aromatic N) is 3. The summed E-state index contributed by atoms with van der Waals surface area (Å²) in [6.07, 6.45) is 5.98. The van der Waals surface area contributed by atoms with Crippen LogP contribution in [0, 0.1) is 11.3 Å². The van der Waals surface area contributed by atoms with Gasteiger partial charge < -0.3 is 10.2 Å². The Morgan fingerprint density at radius 3 is 2.80 bits per heavy atom. The van der Waals surface area contributed by atoms with E-state index < -0.39 is 0 Å². The Labute approximate surface area is 151 Å². The Balaban J connectivity index is 1.58. The van der Waals surface area contributed by atoms with Crippen LogP contribution in [0.4, 0.5) is 0 Å². The van der Waals surface area contributed by atoms with Gasteiger partial charge in [-0.1, -0.05) is 32.9 Å². The van der Waals surface area contributed by atoms with Gasteiger partial charge in [-0.3, -0.25) is 4.68 Å². The summed E-state index contributed by atoms with van der Waals surface area (Å²) in [4.78, 5) is 2.44. The number of benzene rings is 1. The molecular weight excluding hydrogens is 308 g/mol. The molecular formula is C21H32N4. The predicted molar refractivity (Wildman–Crippen MR) is 104 cm³/mol. The number of fused-ring (bicyclic) bond motifs is 1. The van der Waals surface area contributed by atoms with Crippen LogP contribution in [0.2, 0.25) is 0 Å². The lowest BCUT2D eigenvalue weighted by molar-refractivity contribution is 0.0925. The number of piperidine rings is 2. The van der Waals surface area contributed by atoms with Crippen LogP contribution in [-0.4, -0.2) is 41.4 Å². The Kier molecular flexibility index (Phi) is 4.37. The first-order valence-electron chi connectivity index (χ1n) is 9.80. The van der Waals surface area contributed by atoms with Crippen LogP contribution in [0.3, 0.4) is 0 Å². The van der Waals surface area contributed by atoms with Crippen molar-refractivity contribution < 1.29 is 0 Å². The highest BCUT2D eigenvalue weighted by Crippen LogP contribution is 2.35. The Bertz CT molecular complexity index is 739. The number of hydrogen-bond acceptors (Lipinski definition) is 3. The number of likely N-dealkylation sites (tertiary alicyclic amines) is 1. The van der Waals surface area contributed by atoms with Gasteiger partial charge in [-0.05, 0) is 55.8 Å². The molecule has 3 atom stereocenters. The third kappa shape index (κ3) is 3.61. The highest BCUT2D eigenvalue weighted by molar-refractivity contribution is 5.78. The molecule has 0 spiro atoms. The molecule has 2 aliphatic rings. The van der Waals surface area contributed by atoms with Crippen LogP contribution < -0.4 is 5.32 Å². The molecule has 1 N–H and O–H groups in total. The number of nitrogens with one attached hydrogen (secondary N) is 1. The zero-order valence-electron chi connectivity index (χ0n) is 16.1. The number of hydrogen-bond donors (Lipinski definition) is 1. The van der Waals surface area contributed by atoms with Gasteiger partial charge in [-0.25, -0.2) is 0 Å². The van der Waals surface area contributed by atoms with Gasteiger partial charge in [0.05, 0.1) is 11.6 Å². The monoisotopic (exact) mass is 340 g/mol. The van der Waals surface area contributed by atoms with E-state index in [-0.39, 0.29) is 0 Å². The molecule has 0 radical (unpaired) electrons. The fraction of sp³-hybridized carbons (Fsp3) is 0.667. The molecule has 2 aliphatic heterocycles. The standard InChI is InChI=1S/C21H32N4/c1-15-5-8-19(22-11-15)16-6-7-17-12-25(23-20(17)9-16)18-10-21(2,3)14-24(4)13-18/h6-7,9,12,15,18-19,22H,5,8,10-11,13-14H2,1-4H3/t15-,18?,19+/m0/s1. The molecule has 4 nitrogen and oxygen atoms in total. The second-order valence-corrected chi connectivity index (χ2v) is 9.29. The largest absolute Gasteiger partial charge is 0.310 e. The summed E-state index contributed by atoms with van der Waals surface area (Å²) in [5.74, 6) is 0.797. The third-order valence-corrected chi connectivity index (χ3v) is 5.99. The Hall–Kier alpha value is -1.39. The SMILES string of the molecule is C[C@H]1CC[C@H](c2ccc3cn(C4CN(C)CC(C)(C)C4)nc3c2)NC1. The summed E-state index contributed by atoms with van der Waals surface area (Å²) in [5.41, 5.74) is 2.89. The molecule has 136 valence electrons. The summed E-state index contributed by atoms with van der Waals surface area (Å²) in [5, 5.41) is 9.93. The van der Waals surface area contributed by atoms with Crippen LogP contribution in [0.5, 0.6) is 0 Å². The Morgan fingerprint density at radius 2 is 2.08 bits per heavy atom. The number of aromatic nitrogens is 2. The van der Waals surface area contributed by atoms with E-state index in [1.807, 2.05) is 0 Å². The molecule has 1 aromatic heterocycles. The minimum atomic E-state index is 0.351. The molecule has 0 aliphatic carbocycles. The second kappa shape index (κ2) is 6.40. The Morgan fingerprint density at radius 1 is 1.24 bits per heavy atom. The predicted octanol–water partition coefficient (Wildman–Crippen LogP) is 4.00. The first-order chi connectivity index (χ1) is 11.9. The zero-order valence-corrected chi connectivity index (χ0v) is 16.1. The van der Waals surface area contributed by atoms with Crippen molar-refractivity contribution in [2.75, 3.05) is 26.7 Å². The second-order valence-electron chi connectivity index (χ2n) is 9.29. The summed E-state index contributed by atoms with van der Waals surface area (Å²) in [7, 11) is 2.23. The van der Waals surface area contributed by atoms with Gasteiger partial charge in [0.15, 0.2) is 0 Å². The van der Waals surface area contributed by atoms with E-state index in [0.717, 1.165) is 24.5 Å². The summed E-state index contributed by atoms with van der Waals surface area (Å²) in [6, 6.07) is 7.81. The number of rotatable bonds is 2. The first kappa shape index (κ1) is 17.0. The third-order valence-electron chi connectivity index (χ3n) is 5.99. The van der Waals surface area contributed by atoms with Crippen molar-refractivity contribution in [3.05, 3.63) is 30.0 Å². The van der Waals surface area contributed by atoms with E-state index in [0.29, 0.717) is 17.5 Å². The van der Waals surface area contributed by atoms with Crippen LogP contribution in [0.25, 0.3) is 10.9 Å². The van der Waals surface area contributed by atoms with Crippen molar-refractivity contribution in [3.8, 4) is 0 Å². The van der Waals surface area contributed by atoms with Crippen LogP contribution in [0.15, 0.2) is 24.4 Å². The minimum absolute atomic E-state index is 0.351. The van der Waals surface area contributed by atoms with Gasteiger partial charge in [0.25, 0.3) is 0 Å². The molecule has 0 saturated carbocycles. The highest BCUT2D eigenvalue weighted by Gasteiger charge is 2.32. The van der Waals surface area contributed by atoms with Gasteiger partial charge in [-0.2, -0.15) is 5.10 Å².